The normalized spacial score (nSPS) is 16.8. The average molecular weight is 250 g/mol. The molecule has 0 N–H and O–H groups in total. The minimum atomic E-state index is -0.213. The third-order valence-electron chi connectivity index (χ3n) is 3.55. The van der Waals surface area contributed by atoms with Crippen LogP contribution in [0.25, 0.3) is 0 Å². The smallest absolute Gasteiger partial charge is 0.167 e. The Balaban J connectivity index is 2.07. The third-order valence-corrected chi connectivity index (χ3v) is 3.55. The van der Waals surface area contributed by atoms with Crippen LogP contribution in [0, 0.1) is 5.92 Å². The lowest BCUT2D eigenvalue weighted by Gasteiger charge is -2.13. The number of methoxy groups -OCH3 is 1. The number of aromatic nitrogens is 2. The second-order valence-electron chi connectivity index (χ2n) is 4.93. The van der Waals surface area contributed by atoms with Crippen LogP contribution in [-0.4, -0.2) is 28.8 Å². The summed E-state index contributed by atoms with van der Waals surface area (Å²) in [6.45, 7) is 4.94. The van der Waals surface area contributed by atoms with Crippen LogP contribution in [0.1, 0.15) is 38.1 Å². The van der Waals surface area contributed by atoms with Gasteiger partial charge in [-0.05, 0) is 38.2 Å². The average Bonchev–Trinajstić information content (AvgIpc) is 3.11. The highest BCUT2D eigenvalue weighted by molar-refractivity contribution is 5.85. The summed E-state index contributed by atoms with van der Waals surface area (Å²) in [5, 5.41) is 4.47. The summed E-state index contributed by atoms with van der Waals surface area (Å²) in [6, 6.07) is 2.04. The molecule has 1 unspecified atom stereocenters. The molecule has 0 aromatic carbocycles. The zero-order valence-corrected chi connectivity index (χ0v) is 11.5. The van der Waals surface area contributed by atoms with Gasteiger partial charge >= 0.3 is 0 Å². The molecule has 1 heterocycles. The topological polar surface area (TPSA) is 44.1 Å². The van der Waals surface area contributed by atoms with E-state index in [0.29, 0.717) is 12.3 Å². The van der Waals surface area contributed by atoms with E-state index in [9.17, 15) is 4.79 Å². The Kier molecular flexibility index (Phi) is 4.17. The lowest BCUT2D eigenvalue weighted by Crippen LogP contribution is -2.27. The molecule has 0 radical (unpaired) electrons. The van der Waals surface area contributed by atoms with E-state index in [2.05, 4.69) is 18.9 Å². The predicted octanol–water partition coefficient (Wildman–Crippen LogP) is 2.00. The quantitative estimate of drug-likeness (QED) is 0.743. The number of ketones is 1. The van der Waals surface area contributed by atoms with Crippen molar-refractivity contribution in [1.82, 2.24) is 9.78 Å². The van der Waals surface area contributed by atoms with Crippen LogP contribution in [0.5, 0.6) is 0 Å². The van der Waals surface area contributed by atoms with Crippen molar-refractivity contribution in [3.8, 4) is 0 Å². The van der Waals surface area contributed by atoms with E-state index >= 15 is 0 Å². The van der Waals surface area contributed by atoms with Gasteiger partial charge in [0.2, 0.25) is 0 Å². The van der Waals surface area contributed by atoms with Crippen molar-refractivity contribution >= 4 is 5.78 Å². The fourth-order valence-electron chi connectivity index (χ4n) is 2.37. The van der Waals surface area contributed by atoms with Crippen LogP contribution < -0.4 is 0 Å². The summed E-state index contributed by atoms with van der Waals surface area (Å²) in [6.07, 6.45) is 3.38. The van der Waals surface area contributed by atoms with Crippen LogP contribution >= 0.6 is 0 Å². The van der Waals surface area contributed by atoms with Crippen molar-refractivity contribution in [1.29, 1.82) is 0 Å². The van der Waals surface area contributed by atoms with Crippen LogP contribution in [0.4, 0.5) is 0 Å². The molecule has 4 nitrogen and oxygen atoms in total. The maximum Gasteiger partial charge on any atom is 0.167 e. The first-order chi connectivity index (χ1) is 8.69. The van der Waals surface area contributed by atoms with Gasteiger partial charge in [-0.25, -0.2) is 0 Å². The minimum absolute atomic E-state index is 0.192. The first-order valence-corrected chi connectivity index (χ1v) is 6.80. The van der Waals surface area contributed by atoms with Gasteiger partial charge < -0.3 is 4.74 Å². The van der Waals surface area contributed by atoms with Gasteiger partial charge in [-0.2, -0.15) is 5.10 Å². The molecule has 1 aromatic rings. The van der Waals surface area contributed by atoms with Crippen molar-refractivity contribution in [2.45, 2.75) is 52.2 Å². The summed E-state index contributed by atoms with van der Waals surface area (Å²) in [5.41, 5.74) is 2.07. The van der Waals surface area contributed by atoms with Crippen LogP contribution in [0.3, 0.4) is 0 Å². The Hall–Kier alpha value is -1.16. The first kappa shape index (κ1) is 13.3. The van der Waals surface area contributed by atoms with Crippen molar-refractivity contribution in [3.63, 3.8) is 0 Å². The molecular formula is C14H22N2O2. The molecule has 1 fully saturated rings. The number of rotatable bonds is 7. The van der Waals surface area contributed by atoms with Crippen molar-refractivity contribution in [2.75, 3.05) is 7.11 Å². The molecule has 1 atom stereocenters. The maximum atomic E-state index is 12.2. The van der Waals surface area contributed by atoms with Gasteiger partial charge in [0, 0.05) is 19.3 Å². The minimum Gasteiger partial charge on any atom is -0.373 e. The summed E-state index contributed by atoms with van der Waals surface area (Å²) < 4.78 is 7.26. The number of Topliss-reactive ketones (excluding diaryl/α,β-unsaturated/α-hetero) is 1. The number of hydrogen-bond donors (Lipinski definition) is 0. The Bertz CT molecular complexity index is 421. The SMILES string of the molecule is CCc1cc(CC(=O)C(OC)C2CC2)n(CC)n1. The fourth-order valence-corrected chi connectivity index (χ4v) is 2.37. The predicted molar refractivity (Wildman–Crippen MR) is 69.5 cm³/mol. The summed E-state index contributed by atoms with van der Waals surface area (Å²) in [4.78, 5) is 12.2. The lowest BCUT2D eigenvalue weighted by molar-refractivity contribution is -0.129. The van der Waals surface area contributed by atoms with Gasteiger partial charge in [-0.3, -0.25) is 9.48 Å². The monoisotopic (exact) mass is 250 g/mol. The van der Waals surface area contributed by atoms with Crippen molar-refractivity contribution in [2.24, 2.45) is 5.92 Å². The van der Waals surface area contributed by atoms with E-state index in [-0.39, 0.29) is 11.9 Å². The number of ether oxygens (including phenoxy) is 1. The van der Waals surface area contributed by atoms with Crippen molar-refractivity contribution < 1.29 is 9.53 Å². The highest BCUT2D eigenvalue weighted by atomic mass is 16.5. The van der Waals surface area contributed by atoms with E-state index in [1.165, 1.54) is 0 Å². The molecule has 1 aliphatic carbocycles. The molecule has 2 rings (SSSR count). The second-order valence-corrected chi connectivity index (χ2v) is 4.93. The lowest BCUT2D eigenvalue weighted by atomic mass is 10.1. The number of hydrogen-bond acceptors (Lipinski definition) is 3. The highest BCUT2D eigenvalue weighted by Crippen LogP contribution is 2.34. The second kappa shape index (κ2) is 5.65. The number of aryl methyl sites for hydroxylation is 2. The molecule has 18 heavy (non-hydrogen) atoms. The molecule has 0 amide bonds. The molecule has 100 valence electrons. The number of carbonyl (C=O) groups excluding carboxylic acids is 1. The Labute approximate surface area is 108 Å². The molecule has 0 aliphatic heterocycles. The molecule has 0 saturated heterocycles. The fraction of sp³-hybridized carbons (Fsp3) is 0.714. The van der Waals surface area contributed by atoms with E-state index in [4.69, 9.17) is 4.74 Å². The maximum absolute atomic E-state index is 12.2. The molecular weight excluding hydrogens is 228 g/mol. The first-order valence-electron chi connectivity index (χ1n) is 6.80. The molecule has 1 aromatic heterocycles. The van der Waals surface area contributed by atoms with Gasteiger partial charge in [-0.15, -0.1) is 0 Å². The molecule has 1 saturated carbocycles. The van der Waals surface area contributed by atoms with Gasteiger partial charge in [0.05, 0.1) is 12.1 Å². The Morgan fingerprint density at radius 1 is 1.56 bits per heavy atom. The van der Waals surface area contributed by atoms with E-state index in [1.54, 1.807) is 7.11 Å². The standard InChI is InChI=1S/C14H22N2O2/c1-4-11-8-12(16(5-2)15-11)9-13(17)14(18-3)10-6-7-10/h8,10,14H,4-7,9H2,1-3H3. The van der Waals surface area contributed by atoms with Gasteiger partial charge in [0.25, 0.3) is 0 Å². The van der Waals surface area contributed by atoms with Crippen molar-refractivity contribution in [3.05, 3.63) is 17.5 Å². The molecule has 0 spiro atoms. The molecule has 4 heteroatoms. The summed E-state index contributed by atoms with van der Waals surface area (Å²) in [7, 11) is 1.63. The Morgan fingerprint density at radius 3 is 2.78 bits per heavy atom. The number of carbonyl (C=O) groups is 1. The van der Waals surface area contributed by atoms with Crippen LogP contribution in [0.2, 0.25) is 0 Å². The van der Waals surface area contributed by atoms with Gasteiger partial charge in [-0.1, -0.05) is 6.92 Å². The summed E-state index contributed by atoms with van der Waals surface area (Å²) in [5.74, 6) is 0.642. The highest BCUT2D eigenvalue weighted by Gasteiger charge is 2.36. The van der Waals surface area contributed by atoms with Crippen LogP contribution in [-0.2, 0) is 28.9 Å². The molecule has 1 aliphatic rings. The number of nitrogens with zero attached hydrogens (tertiary/aromatic N) is 2. The van der Waals surface area contributed by atoms with E-state index in [1.807, 2.05) is 10.7 Å². The van der Waals surface area contributed by atoms with Gasteiger partial charge in [0.15, 0.2) is 5.78 Å². The summed E-state index contributed by atoms with van der Waals surface area (Å²) >= 11 is 0. The third kappa shape index (κ3) is 2.80. The molecule has 0 bridgehead atoms. The zero-order chi connectivity index (χ0) is 13.1. The van der Waals surface area contributed by atoms with Gasteiger partial charge in [0.1, 0.15) is 6.10 Å². The van der Waals surface area contributed by atoms with E-state index < -0.39 is 0 Å². The largest absolute Gasteiger partial charge is 0.373 e. The Morgan fingerprint density at radius 2 is 2.28 bits per heavy atom. The van der Waals surface area contributed by atoms with E-state index in [0.717, 1.165) is 37.2 Å². The van der Waals surface area contributed by atoms with Crippen LogP contribution in [0.15, 0.2) is 6.07 Å². The zero-order valence-electron chi connectivity index (χ0n) is 11.5.